The molecule has 3 aromatic carbocycles. The number of carboxylic acids is 1. The Balaban J connectivity index is 1.28. The smallest absolute Gasteiger partial charge is 0.320 e. The van der Waals surface area contributed by atoms with Crippen LogP contribution in [0.25, 0.3) is 11.1 Å². The fourth-order valence-electron chi connectivity index (χ4n) is 6.38. The highest BCUT2D eigenvalue weighted by Gasteiger charge is 2.41. The van der Waals surface area contributed by atoms with Gasteiger partial charge in [-0.3, -0.25) is 9.59 Å². The number of nitrogens with one attached hydrogen (secondary N) is 1. The molecule has 0 saturated heterocycles. The monoisotopic (exact) mass is 510 g/mol. The minimum Gasteiger partial charge on any atom is -0.480 e. The van der Waals surface area contributed by atoms with Gasteiger partial charge in [0.05, 0.1) is 0 Å². The van der Waals surface area contributed by atoms with Crippen LogP contribution >= 0.6 is 0 Å². The van der Waals surface area contributed by atoms with Crippen molar-refractivity contribution in [1.29, 1.82) is 0 Å². The molecule has 2 aliphatic carbocycles. The Morgan fingerprint density at radius 1 is 0.868 bits per heavy atom. The van der Waals surface area contributed by atoms with E-state index in [2.05, 4.69) is 53.8 Å². The van der Waals surface area contributed by atoms with Crippen molar-refractivity contribution in [3.63, 3.8) is 0 Å². The van der Waals surface area contributed by atoms with Gasteiger partial charge in [0, 0.05) is 18.0 Å². The van der Waals surface area contributed by atoms with Gasteiger partial charge < -0.3 is 16.2 Å². The number of carboxylic acid groups (broad SMARTS) is 1. The summed E-state index contributed by atoms with van der Waals surface area (Å²) in [6.07, 6.45) is 9.46. The first-order valence-electron chi connectivity index (χ1n) is 13.9. The van der Waals surface area contributed by atoms with Crippen molar-refractivity contribution in [2.24, 2.45) is 17.1 Å². The summed E-state index contributed by atoms with van der Waals surface area (Å²) in [7, 11) is 0. The first-order valence-corrected chi connectivity index (χ1v) is 13.9. The third-order valence-corrected chi connectivity index (χ3v) is 8.99. The molecule has 2 fully saturated rings. The SMILES string of the molecule is N[C@@H](Cc1ccc(C(=O)NC[C@@H](c2ccc(-c3ccccc3)cc2)C2CCC3(CCC3)CC2)cc1)C(=O)O. The van der Waals surface area contributed by atoms with Gasteiger partial charge in [0.1, 0.15) is 6.04 Å². The van der Waals surface area contributed by atoms with Gasteiger partial charge in [-0.25, -0.2) is 0 Å². The second kappa shape index (κ2) is 11.5. The van der Waals surface area contributed by atoms with Crippen molar-refractivity contribution < 1.29 is 14.7 Å². The summed E-state index contributed by atoms with van der Waals surface area (Å²) < 4.78 is 0. The fourth-order valence-corrected chi connectivity index (χ4v) is 6.38. The molecule has 0 unspecified atom stereocenters. The summed E-state index contributed by atoms with van der Waals surface area (Å²) in [5.41, 5.74) is 11.3. The van der Waals surface area contributed by atoms with E-state index in [4.69, 9.17) is 10.8 Å². The van der Waals surface area contributed by atoms with Gasteiger partial charge in [-0.15, -0.1) is 0 Å². The Labute approximate surface area is 225 Å². The van der Waals surface area contributed by atoms with E-state index in [0.29, 0.717) is 23.4 Å². The maximum atomic E-state index is 13.1. The number of carbonyl (C=O) groups excluding carboxylic acids is 1. The minimum absolute atomic E-state index is 0.101. The Hall–Kier alpha value is -3.44. The van der Waals surface area contributed by atoms with E-state index in [9.17, 15) is 9.59 Å². The minimum atomic E-state index is -1.03. The molecular formula is C33H38N2O3. The number of hydrogen-bond donors (Lipinski definition) is 3. The molecule has 5 heteroatoms. The number of aliphatic carboxylic acids is 1. The van der Waals surface area contributed by atoms with Crippen LogP contribution in [0.2, 0.25) is 0 Å². The summed E-state index contributed by atoms with van der Waals surface area (Å²) >= 11 is 0. The highest BCUT2D eigenvalue weighted by atomic mass is 16.4. The van der Waals surface area contributed by atoms with Crippen LogP contribution < -0.4 is 11.1 Å². The van der Waals surface area contributed by atoms with Crippen LogP contribution in [0.4, 0.5) is 0 Å². The van der Waals surface area contributed by atoms with Crippen LogP contribution in [0.3, 0.4) is 0 Å². The predicted octanol–water partition coefficient (Wildman–Crippen LogP) is 6.18. The van der Waals surface area contributed by atoms with E-state index in [1.807, 2.05) is 6.07 Å². The molecule has 5 rings (SSSR count). The van der Waals surface area contributed by atoms with Gasteiger partial charge in [0.15, 0.2) is 0 Å². The molecule has 1 spiro atoms. The first kappa shape index (κ1) is 26.2. The molecule has 2 aliphatic rings. The summed E-state index contributed by atoms with van der Waals surface area (Å²) in [5, 5.41) is 12.3. The molecule has 4 N–H and O–H groups in total. The standard InChI is InChI=1S/C33H38N2O3/c34-30(32(37)38)21-23-7-9-28(10-8-23)31(36)35-22-29(27-15-19-33(20-16-27)17-4-18-33)26-13-11-25(12-14-26)24-5-2-1-3-6-24/h1-3,5-14,27,29-30H,4,15-22,34H2,(H,35,36)(H,37,38)/t29-,30-/m0/s1. The van der Waals surface area contributed by atoms with E-state index in [-0.39, 0.29) is 18.2 Å². The average Bonchev–Trinajstić information content (AvgIpc) is 2.93. The number of hydrogen-bond acceptors (Lipinski definition) is 3. The Kier molecular flexibility index (Phi) is 7.94. The van der Waals surface area contributed by atoms with Gasteiger partial charge in [-0.2, -0.15) is 0 Å². The summed E-state index contributed by atoms with van der Waals surface area (Å²) in [4.78, 5) is 24.1. The normalized spacial score (nSPS) is 18.3. The van der Waals surface area contributed by atoms with E-state index in [0.717, 1.165) is 5.56 Å². The van der Waals surface area contributed by atoms with E-state index in [1.54, 1.807) is 24.3 Å². The highest BCUT2D eigenvalue weighted by molar-refractivity contribution is 5.94. The van der Waals surface area contributed by atoms with Crippen LogP contribution in [0.15, 0.2) is 78.9 Å². The second-order valence-electron chi connectivity index (χ2n) is 11.3. The zero-order chi connectivity index (χ0) is 26.5. The number of rotatable bonds is 9. The lowest BCUT2D eigenvalue weighted by atomic mass is 9.57. The molecule has 2 saturated carbocycles. The second-order valence-corrected chi connectivity index (χ2v) is 11.3. The molecule has 1 amide bonds. The Bertz CT molecular complexity index is 1220. The number of amides is 1. The highest BCUT2D eigenvalue weighted by Crippen LogP contribution is 2.54. The molecule has 5 nitrogen and oxygen atoms in total. The third-order valence-electron chi connectivity index (χ3n) is 8.99. The van der Waals surface area contributed by atoms with Gasteiger partial charge in [-0.1, -0.05) is 73.2 Å². The summed E-state index contributed by atoms with van der Waals surface area (Å²) in [5.74, 6) is -0.296. The molecule has 0 radical (unpaired) electrons. The number of benzene rings is 3. The maximum Gasteiger partial charge on any atom is 0.320 e. The topological polar surface area (TPSA) is 92.4 Å². The van der Waals surface area contributed by atoms with Crippen molar-refractivity contribution in [2.45, 2.75) is 63.3 Å². The zero-order valence-corrected chi connectivity index (χ0v) is 21.9. The van der Waals surface area contributed by atoms with E-state index >= 15 is 0 Å². The predicted molar refractivity (Wildman–Crippen MR) is 151 cm³/mol. The largest absolute Gasteiger partial charge is 0.480 e. The molecule has 0 heterocycles. The maximum absolute atomic E-state index is 13.1. The van der Waals surface area contributed by atoms with Crippen LogP contribution in [0, 0.1) is 11.3 Å². The van der Waals surface area contributed by atoms with Crippen molar-refractivity contribution in [3.05, 3.63) is 95.6 Å². The lowest BCUT2D eigenvalue weighted by molar-refractivity contribution is -0.138. The van der Waals surface area contributed by atoms with Gasteiger partial charge in [0.2, 0.25) is 0 Å². The van der Waals surface area contributed by atoms with Crippen LogP contribution in [-0.4, -0.2) is 29.6 Å². The van der Waals surface area contributed by atoms with Gasteiger partial charge in [-0.05, 0) is 90.7 Å². The van der Waals surface area contributed by atoms with E-state index in [1.165, 1.54) is 61.6 Å². The van der Waals surface area contributed by atoms with Crippen LogP contribution in [-0.2, 0) is 11.2 Å². The van der Waals surface area contributed by atoms with Crippen molar-refractivity contribution in [3.8, 4) is 11.1 Å². The molecular weight excluding hydrogens is 472 g/mol. The molecule has 0 aromatic heterocycles. The van der Waals surface area contributed by atoms with Gasteiger partial charge in [0.25, 0.3) is 5.91 Å². The van der Waals surface area contributed by atoms with Crippen LogP contribution in [0.5, 0.6) is 0 Å². The zero-order valence-electron chi connectivity index (χ0n) is 21.9. The van der Waals surface area contributed by atoms with Gasteiger partial charge >= 0.3 is 5.97 Å². The number of nitrogens with two attached hydrogens (primary N) is 1. The van der Waals surface area contributed by atoms with Crippen molar-refractivity contribution in [1.82, 2.24) is 5.32 Å². The average molecular weight is 511 g/mol. The molecule has 0 bridgehead atoms. The summed E-state index contributed by atoms with van der Waals surface area (Å²) in [6.45, 7) is 0.604. The lowest BCUT2D eigenvalue weighted by Gasteiger charge is -2.48. The molecule has 2 atom stereocenters. The number of carbonyl (C=O) groups is 2. The van der Waals surface area contributed by atoms with Crippen molar-refractivity contribution in [2.75, 3.05) is 6.54 Å². The summed E-state index contributed by atoms with van der Waals surface area (Å²) in [6, 6.07) is 25.5. The quantitative estimate of drug-likeness (QED) is 0.320. The molecule has 3 aromatic rings. The van der Waals surface area contributed by atoms with Crippen molar-refractivity contribution >= 4 is 11.9 Å². The lowest BCUT2D eigenvalue weighted by Crippen LogP contribution is -2.38. The molecule has 38 heavy (non-hydrogen) atoms. The van der Waals surface area contributed by atoms with Crippen LogP contribution in [0.1, 0.15) is 72.3 Å². The molecule has 0 aliphatic heterocycles. The third kappa shape index (κ3) is 5.99. The Morgan fingerprint density at radius 3 is 2.08 bits per heavy atom. The molecule has 198 valence electrons. The van der Waals surface area contributed by atoms with E-state index < -0.39 is 12.0 Å². The fraction of sp³-hybridized carbons (Fsp3) is 0.394. The first-order chi connectivity index (χ1) is 18.4. The Morgan fingerprint density at radius 2 is 1.50 bits per heavy atom.